The molecule has 0 amide bonds. The van der Waals surface area contributed by atoms with Gasteiger partial charge in [-0.15, -0.1) is 0 Å². The first-order valence-electron chi connectivity index (χ1n) is 10.0. The Bertz CT molecular complexity index is 1540. The molecule has 0 atom stereocenters. The van der Waals surface area contributed by atoms with Gasteiger partial charge in [-0.3, -0.25) is 0 Å². The third-order valence-electron chi connectivity index (χ3n) is 5.85. The lowest BCUT2D eigenvalue weighted by atomic mass is 10.1. The third-order valence-corrected chi connectivity index (χ3v) is 7.85. The van der Waals surface area contributed by atoms with E-state index in [1.54, 1.807) is 12.1 Å². The van der Waals surface area contributed by atoms with E-state index in [-0.39, 0.29) is 4.90 Å². The maximum Gasteiger partial charge on any atom is 0.268 e. The van der Waals surface area contributed by atoms with Crippen LogP contribution >= 0.6 is 11.6 Å². The Labute approximate surface area is 186 Å². The van der Waals surface area contributed by atoms with Crippen LogP contribution in [0.3, 0.4) is 0 Å². The van der Waals surface area contributed by atoms with Gasteiger partial charge in [-0.1, -0.05) is 47.5 Å². The van der Waals surface area contributed by atoms with Crippen molar-refractivity contribution in [2.24, 2.45) is 0 Å². The molecule has 1 N–H and O–H groups in total. The van der Waals surface area contributed by atoms with Crippen molar-refractivity contribution in [1.82, 2.24) is 8.96 Å². The first kappa shape index (κ1) is 19.9. The van der Waals surface area contributed by atoms with E-state index in [1.807, 2.05) is 74.6 Å². The summed E-state index contributed by atoms with van der Waals surface area (Å²) in [5, 5.41) is 2.58. The summed E-state index contributed by atoms with van der Waals surface area (Å²) < 4.78 is 29.1. The molecule has 0 fully saturated rings. The van der Waals surface area contributed by atoms with Gasteiger partial charge in [0.15, 0.2) is 0 Å². The van der Waals surface area contributed by atoms with Gasteiger partial charge in [0.2, 0.25) is 0 Å². The van der Waals surface area contributed by atoms with Crippen LogP contribution in [-0.2, 0) is 16.4 Å². The summed E-state index contributed by atoms with van der Waals surface area (Å²) >= 11 is 6.23. The monoisotopic (exact) mass is 448 g/mol. The van der Waals surface area contributed by atoms with Crippen molar-refractivity contribution < 1.29 is 8.42 Å². The van der Waals surface area contributed by atoms with Gasteiger partial charge in [0.25, 0.3) is 10.0 Å². The quantitative estimate of drug-likeness (QED) is 0.354. The fourth-order valence-electron chi connectivity index (χ4n) is 4.19. The number of aryl methyl sites for hydroxylation is 2. The largest absolute Gasteiger partial charge is 0.361 e. The van der Waals surface area contributed by atoms with E-state index in [1.165, 1.54) is 3.97 Å². The zero-order chi connectivity index (χ0) is 21.8. The van der Waals surface area contributed by atoms with Crippen molar-refractivity contribution >= 4 is 43.4 Å². The molecule has 5 aromatic rings. The van der Waals surface area contributed by atoms with Crippen molar-refractivity contribution in [1.29, 1.82) is 0 Å². The molecule has 0 aliphatic rings. The Kier molecular flexibility index (Phi) is 4.68. The molecule has 0 aliphatic heterocycles. The lowest BCUT2D eigenvalue weighted by Crippen LogP contribution is -2.16. The average Bonchev–Trinajstić information content (AvgIpc) is 3.28. The smallest absolute Gasteiger partial charge is 0.268 e. The second-order valence-corrected chi connectivity index (χ2v) is 10.1. The number of aromatic amines is 1. The zero-order valence-corrected chi connectivity index (χ0v) is 18.8. The summed E-state index contributed by atoms with van der Waals surface area (Å²) in [6.07, 6.45) is 2.40. The molecule has 0 aliphatic carbocycles. The highest BCUT2D eigenvalue weighted by atomic mass is 35.5. The lowest BCUT2D eigenvalue weighted by Gasteiger charge is -2.13. The van der Waals surface area contributed by atoms with Crippen molar-refractivity contribution in [2.45, 2.75) is 25.2 Å². The Balaban J connectivity index is 1.76. The highest BCUT2D eigenvalue weighted by Crippen LogP contribution is 2.33. The number of benzene rings is 3. The first-order chi connectivity index (χ1) is 14.9. The molecule has 0 bridgehead atoms. The van der Waals surface area contributed by atoms with Crippen LogP contribution < -0.4 is 0 Å². The molecule has 0 radical (unpaired) electrons. The van der Waals surface area contributed by atoms with Crippen LogP contribution in [-0.4, -0.2) is 17.4 Å². The summed E-state index contributed by atoms with van der Waals surface area (Å²) in [6, 6.07) is 20.3. The number of hydrogen-bond acceptors (Lipinski definition) is 2. The molecule has 2 heterocycles. The van der Waals surface area contributed by atoms with Crippen LogP contribution in [0.15, 0.2) is 77.8 Å². The van der Waals surface area contributed by atoms with E-state index in [2.05, 4.69) is 4.98 Å². The summed E-state index contributed by atoms with van der Waals surface area (Å²) in [5.74, 6) is 0. The molecule has 31 heavy (non-hydrogen) atoms. The zero-order valence-electron chi connectivity index (χ0n) is 17.2. The van der Waals surface area contributed by atoms with Crippen LogP contribution in [0.5, 0.6) is 0 Å². The van der Waals surface area contributed by atoms with E-state index < -0.39 is 10.0 Å². The minimum atomic E-state index is -3.78. The van der Waals surface area contributed by atoms with Crippen LogP contribution in [0, 0.1) is 13.8 Å². The van der Waals surface area contributed by atoms with Gasteiger partial charge >= 0.3 is 0 Å². The van der Waals surface area contributed by atoms with Crippen molar-refractivity contribution in [3.05, 3.63) is 100 Å². The second kappa shape index (κ2) is 7.29. The Morgan fingerprint density at radius 2 is 1.68 bits per heavy atom. The number of nitrogens with zero attached hydrogens (tertiary/aromatic N) is 1. The molecule has 2 aromatic heterocycles. The van der Waals surface area contributed by atoms with E-state index in [0.29, 0.717) is 17.0 Å². The molecule has 0 spiro atoms. The molecular weight excluding hydrogens is 428 g/mol. The normalized spacial score (nSPS) is 12.1. The fourth-order valence-corrected chi connectivity index (χ4v) is 5.97. The minimum absolute atomic E-state index is 0.280. The average molecular weight is 449 g/mol. The van der Waals surface area contributed by atoms with Crippen LogP contribution in [0.4, 0.5) is 0 Å². The SMILES string of the molecule is Cc1ccc(S(=O)(=O)n2c(Cc3c[nH]c4ccc(Cl)cc34)c(C)c3ccccc32)cc1. The summed E-state index contributed by atoms with van der Waals surface area (Å²) in [6.45, 7) is 3.93. The minimum Gasteiger partial charge on any atom is -0.361 e. The Hall–Kier alpha value is -3.02. The molecule has 6 heteroatoms. The second-order valence-electron chi connectivity index (χ2n) is 7.85. The van der Waals surface area contributed by atoms with Crippen LogP contribution in [0.1, 0.15) is 22.4 Å². The van der Waals surface area contributed by atoms with Gasteiger partial charge in [0, 0.05) is 39.6 Å². The maximum absolute atomic E-state index is 13.8. The number of hydrogen-bond donors (Lipinski definition) is 1. The number of halogens is 1. The predicted octanol–water partition coefficient (Wildman–Crippen LogP) is 6.22. The molecule has 0 saturated carbocycles. The highest BCUT2D eigenvalue weighted by molar-refractivity contribution is 7.90. The summed E-state index contributed by atoms with van der Waals surface area (Å²) in [4.78, 5) is 3.55. The highest BCUT2D eigenvalue weighted by Gasteiger charge is 2.26. The van der Waals surface area contributed by atoms with Gasteiger partial charge in [0.1, 0.15) is 0 Å². The Morgan fingerprint density at radius 3 is 2.45 bits per heavy atom. The van der Waals surface area contributed by atoms with E-state index in [0.717, 1.165) is 38.7 Å². The lowest BCUT2D eigenvalue weighted by molar-refractivity contribution is 0.587. The maximum atomic E-state index is 13.8. The van der Waals surface area contributed by atoms with Gasteiger partial charge < -0.3 is 4.98 Å². The summed E-state index contributed by atoms with van der Waals surface area (Å²) in [7, 11) is -3.78. The standard InChI is InChI=1S/C25H21ClN2O2S/c1-16-7-10-20(11-8-16)31(29,30)28-24-6-4-3-5-21(24)17(2)25(28)13-18-15-27-23-12-9-19(26)14-22(18)23/h3-12,14-15,27H,13H2,1-2H3. The number of H-pyrrole nitrogens is 1. The number of rotatable bonds is 4. The molecular formula is C25H21ClN2O2S. The van der Waals surface area contributed by atoms with E-state index in [9.17, 15) is 8.42 Å². The van der Waals surface area contributed by atoms with Gasteiger partial charge in [0.05, 0.1) is 10.4 Å². The van der Waals surface area contributed by atoms with E-state index in [4.69, 9.17) is 11.6 Å². The van der Waals surface area contributed by atoms with Crippen LogP contribution in [0.2, 0.25) is 5.02 Å². The number of para-hydroxylation sites is 1. The van der Waals surface area contributed by atoms with Crippen molar-refractivity contribution in [3.8, 4) is 0 Å². The predicted molar refractivity (Wildman–Crippen MR) is 127 cm³/mol. The third kappa shape index (κ3) is 3.25. The number of fused-ring (bicyclic) bond motifs is 2. The summed E-state index contributed by atoms with van der Waals surface area (Å²) in [5.41, 5.74) is 5.40. The molecule has 156 valence electrons. The van der Waals surface area contributed by atoms with Gasteiger partial charge in [-0.25, -0.2) is 12.4 Å². The van der Waals surface area contributed by atoms with Crippen molar-refractivity contribution in [3.63, 3.8) is 0 Å². The molecule has 0 unspecified atom stereocenters. The number of aromatic nitrogens is 2. The number of nitrogens with one attached hydrogen (secondary N) is 1. The van der Waals surface area contributed by atoms with E-state index >= 15 is 0 Å². The molecule has 0 saturated heterocycles. The molecule has 5 rings (SSSR count). The molecule has 4 nitrogen and oxygen atoms in total. The first-order valence-corrected chi connectivity index (χ1v) is 11.8. The van der Waals surface area contributed by atoms with Crippen molar-refractivity contribution in [2.75, 3.05) is 0 Å². The van der Waals surface area contributed by atoms with Gasteiger partial charge in [-0.2, -0.15) is 0 Å². The molecule has 3 aromatic carbocycles. The van der Waals surface area contributed by atoms with Crippen LogP contribution in [0.25, 0.3) is 21.8 Å². The fraction of sp³-hybridized carbons (Fsp3) is 0.120. The Morgan fingerprint density at radius 1 is 0.935 bits per heavy atom. The van der Waals surface area contributed by atoms with Gasteiger partial charge in [-0.05, 0) is 61.4 Å². The topological polar surface area (TPSA) is 54.9 Å².